The van der Waals surface area contributed by atoms with Crippen molar-refractivity contribution in [3.8, 4) is 5.69 Å². The second-order valence-corrected chi connectivity index (χ2v) is 9.28. The lowest BCUT2D eigenvalue weighted by atomic mass is 10.1. The van der Waals surface area contributed by atoms with Crippen LogP contribution in [-0.2, 0) is 6.54 Å². The molecule has 1 unspecified atom stereocenters. The molecule has 1 saturated heterocycles. The van der Waals surface area contributed by atoms with Crippen LogP contribution < -0.4 is 0 Å². The molecule has 0 saturated carbocycles. The Hall–Kier alpha value is -2.15. The first-order valence-electron chi connectivity index (χ1n) is 10.3. The Balaban J connectivity index is 1.59. The molecule has 1 aliphatic rings. The number of carbonyl (C=O) groups excluding carboxylic acids is 1. The van der Waals surface area contributed by atoms with Crippen LogP contribution in [0, 0.1) is 0 Å². The number of carbonyl (C=O) groups is 1. The topological polar surface area (TPSA) is 51.0 Å². The van der Waals surface area contributed by atoms with Crippen molar-refractivity contribution in [2.24, 2.45) is 0 Å². The van der Waals surface area contributed by atoms with E-state index in [1.165, 1.54) is 31.0 Å². The highest BCUT2D eigenvalue weighted by molar-refractivity contribution is 8.00. The van der Waals surface area contributed by atoms with Crippen LogP contribution in [-0.4, -0.2) is 43.8 Å². The fourth-order valence-electron chi connectivity index (χ4n) is 3.69. The van der Waals surface area contributed by atoms with Crippen LogP contribution >= 0.6 is 23.4 Å². The second-order valence-electron chi connectivity index (χ2n) is 7.54. The summed E-state index contributed by atoms with van der Waals surface area (Å²) in [5, 5.41) is 10.0. The van der Waals surface area contributed by atoms with Gasteiger partial charge in [0, 0.05) is 16.3 Å². The Morgan fingerprint density at radius 2 is 1.73 bits per heavy atom. The first-order valence-corrected chi connectivity index (χ1v) is 11.6. The quantitative estimate of drug-likeness (QED) is 0.370. The number of para-hydroxylation sites is 1. The highest BCUT2D eigenvalue weighted by atomic mass is 35.5. The molecule has 2 aromatic carbocycles. The van der Waals surface area contributed by atoms with Crippen molar-refractivity contribution in [3.63, 3.8) is 0 Å². The van der Waals surface area contributed by atoms with E-state index in [9.17, 15) is 4.79 Å². The van der Waals surface area contributed by atoms with E-state index in [4.69, 9.17) is 11.6 Å². The van der Waals surface area contributed by atoms with Gasteiger partial charge in [-0.1, -0.05) is 48.0 Å². The summed E-state index contributed by atoms with van der Waals surface area (Å²) in [4.78, 5) is 15.3. The van der Waals surface area contributed by atoms with E-state index in [0.717, 1.165) is 36.3 Å². The summed E-state index contributed by atoms with van der Waals surface area (Å²) in [7, 11) is 0. The number of benzene rings is 2. The number of hydrogen-bond acceptors (Lipinski definition) is 5. The van der Waals surface area contributed by atoms with Crippen molar-refractivity contribution in [1.29, 1.82) is 0 Å². The molecule has 0 aliphatic carbocycles. The van der Waals surface area contributed by atoms with Crippen molar-refractivity contribution >= 4 is 29.1 Å². The van der Waals surface area contributed by atoms with Gasteiger partial charge in [0.1, 0.15) is 0 Å². The lowest BCUT2D eigenvalue weighted by Gasteiger charge is -2.26. The summed E-state index contributed by atoms with van der Waals surface area (Å²) < 4.78 is 2.09. The minimum absolute atomic E-state index is 0.0526. The molecule has 4 rings (SSSR count). The third kappa shape index (κ3) is 4.94. The number of hydrogen-bond donors (Lipinski definition) is 0. The molecule has 7 heteroatoms. The first kappa shape index (κ1) is 21.1. The van der Waals surface area contributed by atoms with Gasteiger partial charge in [0.2, 0.25) is 0 Å². The number of halogens is 1. The molecule has 0 amide bonds. The molecule has 156 valence electrons. The van der Waals surface area contributed by atoms with Crippen LogP contribution in [0.25, 0.3) is 5.69 Å². The van der Waals surface area contributed by atoms with Crippen molar-refractivity contribution in [2.45, 2.75) is 43.1 Å². The maximum atomic E-state index is 12.9. The Kier molecular flexibility index (Phi) is 6.87. The molecule has 30 heavy (non-hydrogen) atoms. The Bertz CT molecular complexity index is 984. The molecule has 0 N–H and O–H groups in total. The average Bonchev–Trinajstić information content (AvgIpc) is 3.17. The zero-order valence-electron chi connectivity index (χ0n) is 17.0. The molecule has 0 spiro atoms. The van der Waals surface area contributed by atoms with Crippen molar-refractivity contribution in [1.82, 2.24) is 19.7 Å². The number of aromatic nitrogens is 3. The Morgan fingerprint density at radius 1 is 1.03 bits per heavy atom. The maximum absolute atomic E-state index is 12.9. The number of thioether (sulfide) groups is 1. The smallest absolute Gasteiger partial charge is 0.196 e. The van der Waals surface area contributed by atoms with Crippen LogP contribution in [0.3, 0.4) is 0 Å². The van der Waals surface area contributed by atoms with Gasteiger partial charge in [-0.25, -0.2) is 0 Å². The molecule has 1 atom stereocenters. The van der Waals surface area contributed by atoms with Crippen molar-refractivity contribution in [3.05, 3.63) is 71.0 Å². The predicted molar refractivity (Wildman–Crippen MR) is 122 cm³/mol. The standard InChI is InChI=1S/C23H25ClN4OS/c1-17(22(29)18-10-12-19(24)13-11-18)30-23-26-25-21(16-27-14-6-3-7-15-27)28(23)20-8-4-2-5-9-20/h2,4-5,8-13,17H,3,6-7,14-16H2,1H3. The van der Waals surface area contributed by atoms with Gasteiger partial charge in [0.05, 0.1) is 11.8 Å². The van der Waals surface area contributed by atoms with E-state index in [-0.39, 0.29) is 11.0 Å². The van der Waals surface area contributed by atoms with E-state index >= 15 is 0 Å². The highest BCUT2D eigenvalue weighted by Crippen LogP contribution is 2.28. The lowest BCUT2D eigenvalue weighted by Crippen LogP contribution is -2.30. The summed E-state index contributed by atoms with van der Waals surface area (Å²) in [6.45, 7) is 4.86. The lowest BCUT2D eigenvalue weighted by molar-refractivity contribution is 0.0994. The van der Waals surface area contributed by atoms with Gasteiger partial charge in [0.15, 0.2) is 16.8 Å². The molecule has 0 bridgehead atoms. The zero-order valence-corrected chi connectivity index (χ0v) is 18.6. The summed E-state index contributed by atoms with van der Waals surface area (Å²) in [5.74, 6) is 0.966. The number of piperidine rings is 1. The average molecular weight is 441 g/mol. The van der Waals surface area contributed by atoms with Gasteiger partial charge in [-0.3, -0.25) is 14.3 Å². The zero-order chi connectivity index (χ0) is 20.9. The first-order chi connectivity index (χ1) is 14.6. The summed E-state index contributed by atoms with van der Waals surface area (Å²) >= 11 is 7.40. The van der Waals surface area contributed by atoms with Crippen LogP contribution in [0.1, 0.15) is 42.4 Å². The van der Waals surface area contributed by atoms with Crippen LogP contribution in [0.4, 0.5) is 0 Å². The van der Waals surface area contributed by atoms with Gasteiger partial charge >= 0.3 is 0 Å². The molecule has 1 aliphatic heterocycles. The van der Waals surface area contributed by atoms with Gasteiger partial charge < -0.3 is 0 Å². The molecule has 1 fully saturated rings. The molecule has 2 heterocycles. The minimum Gasteiger partial charge on any atom is -0.296 e. The highest BCUT2D eigenvalue weighted by Gasteiger charge is 2.23. The number of rotatable bonds is 7. The Morgan fingerprint density at radius 3 is 2.43 bits per heavy atom. The minimum atomic E-state index is -0.291. The fourth-order valence-corrected chi connectivity index (χ4v) is 4.78. The van der Waals surface area contributed by atoms with Crippen LogP contribution in [0.5, 0.6) is 0 Å². The molecule has 5 nitrogen and oxygen atoms in total. The molecule has 1 aromatic heterocycles. The maximum Gasteiger partial charge on any atom is 0.196 e. The van der Waals surface area contributed by atoms with E-state index in [2.05, 4.69) is 31.8 Å². The fraction of sp³-hybridized carbons (Fsp3) is 0.348. The van der Waals surface area contributed by atoms with Gasteiger partial charge in [-0.2, -0.15) is 0 Å². The largest absolute Gasteiger partial charge is 0.296 e. The molecule has 3 aromatic rings. The number of ketones is 1. The Labute approximate surface area is 186 Å². The molecular formula is C23H25ClN4OS. The van der Waals surface area contributed by atoms with Gasteiger partial charge in [-0.15, -0.1) is 10.2 Å². The third-order valence-corrected chi connectivity index (χ3v) is 6.60. The number of likely N-dealkylation sites (tertiary alicyclic amines) is 1. The predicted octanol–water partition coefficient (Wildman–Crippen LogP) is 5.27. The van der Waals surface area contributed by atoms with E-state index in [1.807, 2.05) is 25.1 Å². The van der Waals surface area contributed by atoms with Crippen molar-refractivity contribution in [2.75, 3.05) is 13.1 Å². The monoisotopic (exact) mass is 440 g/mol. The van der Waals surface area contributed by atoms with E-state index in [1.54, 1.807) is 24.3 Å². The molecule has 0 radical (unpaired) electrons. The summed E-state index contributed by atoms with van der Waals surface area (Å²) in [6.07, 6.45) is 3.76. The van der Waals surface area contributed by atoms with E-state index in [0.29, 0.717) is 10.6 Å². The molecular weight excluding hydrogens is 416 g/mol. The van der Waals surface area contributed by atoms with Crippen LogP contribution in [0.15, 0.2) is 59.8 Å². The van der Waals surface area contributed by atoms with E-state index < -0.39 is 0 Å². The third-order valence-electron chi connectivity index (χ3n) is 5.31. The van der Waals surface area contributed by atoms with Gasteiger partial charge in [-0.05, 0) is 69.3 Å². The van der Waals surface area contributed by atoms with Gasteiger partial charge in [0.25, 0.3) is 0 Å². The summed E-state index contributed by atoms with van der Waals surface area (Å²) in [5.41, 5.74) is 1.67. The van der Waals surface area contributed by atoms with Crippen LogP contribution in [0.2, 0.25) is 5.02 Å². The summed E-state index contributed by atoms with van der Waals surface area (Å²) in [6, 6.07) is 17.2. The SMILES string of the molecule is CC(Sc1nnc(CN2CCCCC2)n1-c1ccccc1)C(=O)c1ccc(Cl)cc1. The normalized spacial score (nSPS) is 15.8. The number of Topliss-reactive ketones (excluding diaryl/α,β-unsaturated/α-hetero) is 1. The second kappa shape index (κ2) is 9.77. The van der Waals surface area contributed by atoms with Crippen molar-refractivity contribution < 1.29 is 4.79 Å². The number of nitrogens with zero attached hydrogens (tertiary/aromatic N) is 4.